The molecule has 0 radical (unpaired) electrons. The van der Waals surface area contributed by atoms with Crippen LogP contribution in [0.1, 0.15) is 42.8 Å². The maximum absolute atomic E-state index is 6.01. The van der Waals surface area contributed by atoms with Crippen LogP contribution < -0.4 is 5.73 Å². The Kier molecular flexibility index (Phi) is 2.12. The Hall–Kier alpha value is -0.830. The van der Waals surface area contributed by atoms with Gasteiger partial charge < -0.3 is 5.73 Å². The molecule has 2 rings (SSSR count). The number of aromatic nitrogens is 2. The van der Waals surface area contributed by atoms with Crippen molar-refractivity contribution in [2.75, 3.05) is 0 Å². The molecule has 2 N–H and O–H groups in total. The summed E-state index contributed by atoms with van der Waals surface area (Å²) >= 11 is 0. The molecule has 0 spiro atoms. The Bertz CT molecular complexity index is 314. The molecule has 1 unspecified atom stereocenters. The Morgan fingerprint density at radius 1 is 1.62 bits per heavy atom. The second-order valence-corrected chi connectivity index (χ2v) is 3.76. The van der Waals surface area contributed by atoms with E-state index in [1.807, 2.05) is 0 Å². The van der Waals surface area contributed by atoms with Gasteiger partial charge in [0.1, 0.15) is 0 Å². The van der Waals surface area contributed by atoms with Crippen LogP contribution in [0.2, 0.25) is 0 Å². The molecule has 0 saturated heterocycles. The standard InChI is InChI=1S/C10H17N3/c1-3-13-7(2)8-5-4-6-9(11)10(8)12-13/h9H,3-6,11H2,1-2H3. The minimum atomic E-state index is 0.176. The molecule has 3 heteroatoms. The second kappa shape index (κ2) is 3.14. The molecule has 0 aromatic carbocycles. The minimum Gasteiger partial charge on any atom is -0.323 e. The fraction of sp³-hybridized carbons (Fsp3) is 0.700. The van der Waals surface area contributed by atoms with Gasteiger partial charge in [0, 0.05) is 18.3 Å². The molecular weight excluding hydrogens is 162 g/mol. The van der Waals surface area contributed by atoms with Crippen LogP contribution in [-0.2, 0) is 13.0 Å². The van der Waals surface area contributed by atoms with Crippen molar-refractivity contribution in [1.29, 1.82) is 0 Å². The van der Waals surface area contributed by atoms with Gasteiger partial charge in [-0.15, -0.1) is 0 Å². The number of nitrogens with zero attached hydrogens (tertiary/aromatic N) is 2. The molecule has 3 nitrogen and oxygen atoms in total. The summed E-state index contributed by atoms with van der Waals surface area (Å²) in [5.74, 6) is 0. The van der Waals surface area contributed by atoms with E-state index < -0.39 is 0 Å². The van der Waals surface area contributed by atoms with E-state index in [9.17, 15) is 0 Å². The zero-order chi connectivity index (χ0) is 9.42. The molecule has 0 amide bonds. The summed E-state index contributed by atoms with van der Waals surface area (Å²) in [6.45, 7) is 5.22. The molecule has 13 heavy (non-hydrogen) atoms. The Labute approximate surface area is 78.9 Å². The lowest BCUT2D eigenvalue weighted by molar-refractivity contribution is 0.546. The van der Waals surface area contributed by atoms with Crippen molar-refractivity contribution < 1.29 is 0 Å². The number of aryl methyl sites for hydroxylation is 1. The summed E-state index contributed by atoms with van der Waals surface area (Å²) in [5, 5.41) is 4.54. The number of hydrogen-bond acceptors (Lipinski definition) is 2. The highest BCUT2D eigenvalue weighted by molar-refractivity contribution is 5.30. The van der Waals surface area contributed by atoms with Gasteiger partial charge in [-0.2, -0.15) is 5.10 Å². The number of rotatable bonds is 1. The normalized spacial score (nSPS) is 21.6. The lowest BCUT2D eigenvalue weighted by Gasteiger charge is -2.16. The average molecular weight is 179 g/mol. The van der Waals surface area contributed by atoms with Crippen molar-refractivity contribution >= 4 is 0 Å². The Balaban J connectivity index is 2.48. The topological polar surface area (TPSA) is 43.8 Å². The van der Waals surface area contributed by atoms with Gasteiger partial charge in [-0.25, -0.2) is 0 Å². The maximum atomic E-state index is 6.01. The summed E-state index contributed by atoms with van der Waals surface area (Å²) in [4.78, 5) is 0. The average Bonchev–Trinajstić information content (AvgIpc) is 2.45. The van der Waals surface area contributed by atoms with Crippen molar-refractivity contribution in [2.24, 2.45) is 5.73 Å². The molecule has 1 aliphatic carbocycles. The molecule has 0 fully saturated rings. The van der Waals surface area contributed by atoms with Gasteiger partial charge in [0.05, 0.1) is 5.69 Å². The van der Waals surface area contributed by atoms with Crippen molar-refractivity contribution in [3.63, 3.8) is 0 Å². The molecular formula is C10H17N3. The molecule has 0 saturated carbocycles. The molecule has 1 aliphatic rings. The van der Waals surface area contributed by atoms with Gasteiger partial charge in [0.25, 0.3) is 0 Å². The summed E-state index contributed by atoms with van der Waals surface area (Å²) in [6.07, 6.45) is 3.46. The predicted octanol–water partition coefficient (Wildman–Crippen LogP) is 1.55. The third-order valence-corrected chi connectivity index (χ3v) is 2.95. The molecule has 0 bridgehead atoms. The van der Waals surface area contributed by atoms with Crippen LogP contribution >= 0.6 is 0 Å². The quantitative estimate of drug-likeness (QED) is 0.710. The van der Waals surface area contributed by atoms with Crippen LogP contribution in [0.25, 0.3) is 0 Å². The number of nitrogens with two attached hydrogens (primary N) is 1. The minimum absolute atomic E-state index is 0.176. The van der Waals surface area contributed by atoms with E-state index in [1.165, 1.54) is 17.7 Å². The molecule has 1 atom stereocenters. The van der Waals surface area contributed by atoms with E-state index in [4.69, 9.17) is 5.73 Å². The zero-order valence-corrected chi connectivity index (χ0v) is 8.38. The van der Waals surface area contributed by atoms with E-state index in [0.29, 0.717) is 0 Å². The summed E-state index contributed by atoms with van der Waals surface area (Å²) in [7, 11) is 0. The smallest absolute Gasteiger partial charge is 0.0826 e. The number of hydrogen-bond donors (Lipinski definition) is 1. The lowest BCUT2D eigenvalue weighted by atomic mass is 9.93. The highest BCUT2D eigenvalue weighted by atomic mass is 15.3. The molecule has 1 heterocycles. The van der Waals surface area contributed by atoms with E-state index in [0.717, 1.165) is 25.1 Å². The first kappa shape index (κ1) is 8.75. The molecule has 0 aliphatic heterocycles. The molecule has 1 aromatic rings. The first-order valence-corrected chi connectivity index (χ1v) is 5.05. The van der Waals surface area contributed by atoms with Crippen molar-refractivity contribution in [3.05, 3.63) is 17.0 Å². The van der Waals surface area contributed by atoms with Crippen molar-refractivity contribution in [1.82, 2.24) is 9.78 Å². The summed E-state index contributed by atoms with van der Waals surface area (Å²) in [5.41, 5.74) is 9.87. The third kappa shape index (κ3) is 1.27. The maximum Gasteiger partial charge on any atom is 0.0826 e. The van der Waals surface area contributed by atoms with Crippen molar-refractivity contribution in [2.45, 2.75) is 45.7 Å². The van der Waals surface area contributed by atoms with Gasteiger partial charge >= 0.3 is 0 Å². The largest absolute Gasteiger partial charge is 0.323 e. The third-order valence-electron chi connectivity index (χ3n) is 2.95. The summed E-state index contributed by atoms with van der Waals surface area (Å²) in [6, 6.07) is 0.176. The van der Waals surface area contributed by atoms with Gasteiger partial charge in [-0.05, 0) is 38.7 Å². The first-order valence-electron chi connectivity index (χ1n) is 5.05. The zero-order valence-electron chi connectivity index (χ0n) is 8.38. The van der Waals surface area contributed by atoms with E-state index in [1.54, 1.807) is 0 Å². The van der Waals surface area contributed by atoms with Crippen LogP contribution in [-0.4, -0.2) is 9.78 Å². The predicted molar refractivity (Wildman–Crippen MR) is 52.5 cm³/mol. The molecule has 72 valence electrons. The Morgan fingerprint density at radius 3 is 3.00 bits per heavy atom. The van der Waals surface area contributed by atoms with Gasteiger partial charge in [-0.1, -0.05) is 0 Å². The first-order chi connectivity index (χ1) is 6.24. The van der Waals surface area contributed by atoms with Gasteiger partial charge in [0.15, 0.2) is 0 Å². The van der Waals surface area contributed by atoms with Gasteiger partial charge in [-0.3, -0.25) is 4.68 Å². The summed E-state index contributed by atoms with van der Waals surface area (Å²) < 4.78 is 2.07. The monoisotopic (exact) mass is 179 g/mol. The fourth-order valence-electron chi connectivity index (χ4n) is 2.16. The second-order valence-electron chi connectivity index (χ2n) is 3.76. The highest BCUT2D eigenvalue weighted by Gasteiger charge is 2.22. The van der Waals surface area contributed by atoms with Gasteiger partial charge in [0.2, 0.25) is 0 Å². The number of fused-ring (bicyclic) bond motifs is 1. The van der Waals surface area contributed by atoms with E-state index >= 15 is 0 Å². The lowest BCUT2D eigenvalue weighted by Crippen LogP contribution is -2.17. The molecule has 1 aromatic heterocycles. The Morgan fingerprint density at radius 2 is 2.38 bits per heavy atom. The van der Waals surface area contributed by atoms with Crippen LogP contribution in [0.5, 0.6) is 0 Å². The fourth-order valence-corrected chi connectivity index (χ4v) is 2.16. The van der Waals surface area contributed by atoms with Crippen LogP contribution in [0.15, 0.2) is 0 Å². The highest BCUT2D eigenvalue weighted by Crippen LogP contribution is 2.28. The van der Waals surface area contributed by atoms with Crippen LogP contribution in [0.4, 0.5) is 0 Å². The van der Waals surface area contributed by atoms with Crippen LogP contribution in [0, 0.1) is 6.92 Å². The van der Waals surface area contributed by atoms with E-state index in [2.05, 4.69) is 23.6 Å². The van der Waals surface area contributed by atoms with E-state index in [-0.39, 0.29) is 6.04 Å². The SMILES string of the molecule is CCn1nc2c(c1C)CCCC2N. The van der Waals surface area contributed by atoms with Crippen LogP contribution in [0.3, 0.4) is 0 Å². The van der Waals surface area contributed by atoms with Crippen molar-refractivity contribution in [3.8, 4) is 0 Å².